The van der Waals surface area contributed by atoms with Crippen LogP contribution >= 0.6 is 11.3 Å². The maximum absolute atomic E-state index is 13.7. The van der Waals surface area contributed by atoms with E-state index in [4.69, 9.17) is 9.47 Å². The van der Waals surface area contributed by atoms with E-state index in [9.17, 15) is 9.90 Å². The molecule has 1 aromatic heterocycles. The molecule has 1 aliphatic rings. The van der Waals surface area contributed by atoms with Crippen molar-refractivity contribution in [3.8, 4) is 10.8 Å². The molecule has 0 bridgehead atoms. The van der Waals surface area contributed by atoms with E-state index in [1.165, 1.54) is 11.3 Å². The van der Waals surface area contributed by atoms with Crippen molar-refractivity contribution in [2.45, 2.75) is 18.9 Å². The van der Waals surface area contributed by atoms with Gasteiger partial charge in [0.05, 0.1) is 18.0 Å². The van der Waals surface area contributed by atoms with E-state index in [-0.39, 0.29) is 18.4 Å². The minimum Gasteiger partial charge on any atom is -0.490 e. The number of hydrogen-bond acceptors (Lipinski definition) is 7. The summed E-state index contributed by atoms with van der Waals surface area (Å²) >= 11 is 1.51. The Morgan fingerprint density at radius 3 is 2.19 bits per heavy atom. The van der Waals surface area contributed by atoms with Gasteiger partial charge in [-0.15, -0.1) is 0 Å². The molecule has 0 aliphatic carbocycles. The first-order valence-corrected chi connectivity index (χ1v) is 15.0. The number of aryl methyl sites for hydroxylation is 1. The lowest BCUT2D eigenvalue weighted by molar-refractivity contribution is -0.133. The molecule has 42 heavy (non-hydrogen) atoms. The third kappa shape index (κ3) is 7.45. The quantitative estimate of drug-likeness (QED) is 0.257. The van der Waals surface area contributed by atoms with Crippen LogP contribution < -0.4 is 9.47 Å². The maximum atomic E-state index is 13.7. The molecule has 1 aliphatic heterocycles. The van der Waals surface area contributed by atoms with Crippen LogP contribution in [0.25, 0.3) is 12.2 Å². The average Bonchev–Trinajstić information content (AvgIpc) is 3.40. The molecular weight excluding hydrogens is 546 g/mol. The number of carbonyl (C=O) groups excluding carboxylic acids is 1. The Morgan fingerprint density at radius 2 is 1.55 bits per heavy atom. The second-order valence-corrected chi connectivity index (χ2v) is 11.5. The van der Waals surface area contributed by atoms with Crippen molar-refractivity contribution in [1.29, 1.82) is 0 Å². The van der Waals surface area contributed by atoms with Crippen LogP contribution in [0.4, 0.5) is 0 Å². The largest absolute Gasteiger partial charge is 0.490 e. The highest BCUT2D eigenvalue weighted by atomic mass is 32.1. The van der Waals surface area contributed by atoms with Crippen LogP contribution in [0.1, 0.15) is 33.3 Å². The number of nitrogens with zero attached hydrogens (tertiary/aromatic N) is 3. The van der Waals surface area contributed by atoms with Crippen LogP contribution in [0.3, 0.4) is 0 Å². The highest BCUT2D eigenvalue weighted by Crippen LogP contribution is 2.30. The number of ether oxygens (including phenoxy) is 2. The SMILES string of the molecule is COc1sc(C)nc1/C=C/c1ccccc1OCC(O)CN1CCN(C(=O)C(c2ccccc2)c2ccccc2)CC1. The summed E-state index contributed by atoms with van der Waals surface area (Å²) in [5.74, 6) is 0.487. The monoisotopic (exact) mass is 583 g/mol. The smallest absolute Gasteiger partial charge is 0.234 e. The molecule has 1 unspecified atom stereocenters. The van der Waals surface area contributed by atoms with Crippen molar-refractivity contribution in [2.24, 2.45) is 0 Å². The van der Waals surface area contributed by atoms with Crippen LogP contribution in [-0.4, -0.2) is 78.3 Å². The van der Waals surface area contributed by atoms with Crippen molar-refractivity contribution in [3.05, 3.63) is 112 Å². The number of para-hydroxylation sites is 1. The molecule has 4 aromatic rings. The number of carbonyl (C=O) groups is 1. The van der Waals surface area contributed by atoms with E-state index in [0.717, 1.165) is 32.5 Å². The molecule has 218 valence electrons. The van der Waals surface area contributed by atoms with E-state index in [1.54, 1.807) is 7.11 Å². The van der Waals surface area contributed by atoms with Gasteiger partial charge in [-0.25, -0.2) is 4.98 Å². The van der Waals surface area contributed by atoms with E-state index in [0.29, 0.717) is 38.5 Å². The molecule has 3 aromatic carbocycles. The summed E-state index contributed by atoms with van der Waals surface area (Å²) in [6.07, 6.45) is 3.21. The van der Waals surface area contributed by atoms with E-state index in [1.807, 2.05) is 109 Å². The van der Waals surface area contributed by atoms with Gasteiger partial charge < -0.3 is 19.5 Å². The highest BCUT2D eigenvalue weighted by molar-refractivity contribution is 7.13. The molecular formula is C34H37N3O4S. The summed E-state index contributed by atoms with van der Waals surface area (Å²) < 4.78 is 11.5. The number of benzene rings is 3. The molecule has 0 radical (unpaired) electrons. The predicted molar refractivity (Wildman–Crippen MR) is 168 cm³/mol. The molecule has 8 heteroatoms. The molecule has 1 N–H and O–H groups in total. The van der Waals surface area contributed by atoms with Gasteiger partial charge in [0, 0.05) is 38.3 Å². The summed E-state index contributed by atoms with van der Waals surface area (Å²) in [5.41, 5.74) is 3.68. The summed E-state index contributed by atoms with van der Waals surface area (Å²) in [6.45, 7) is 5.25. The minimum absolute atomic E-state index is 0.117. The number of aromatic nitrogens is 1. The van der Waals surface area contributed by atoms with E-state index >= 15 is 0 Å². The number of amides is 1. The van der Waals surface area contributed by atoms with Crippen LogP contribution in [0.5, 0.6) is 10.8 Å². The molecule has 1 saturated heterocycles. The van der Waals surface area contributed by atoms with Crippen LogP contribution in [0.15, 0.2) is 84.9 Å². The minimum atomic E-state index is -0.660. The van der Waals surface area contributed by atoms with E-state index in [2.05, 4.69) is 9.88 Å². The maximum Gasteiger partial charge on any atom is 0.234 e. The second-order valence-electron chi connectivity index (χ2n) is 10.3. The normalized spacial score (nSPS) is 14.8. The van der Waals surface area contributed by atoms with Crippen molar-refractivity contribution in [1.82, 2.24) is 14.8 Å². The highest BCUT2D eigenvalue weighted by Gasteiger charge is 2.30. The molecule has 2 heterocycles. The molecule has 1 atom stereocenters. The first-order chi connectivity index (χ1) is 20.5. The lowest BCUT2D eigenvalue weighted by Crippen LogP contribution is -2.52. The third-order valence-electron chi connectivity index (χ3n) is 7.35. The summed E-state index contributed by atoms with van der Waals surface area (Å²) in [7, 11) is 1.65. The Bertz CT molecular complexity index is 1430. The van der Waals surface area contributed by atoms with Crippen molar-refractivity contribution >= 4 is 29.4 Å². The van der Waals surface area contributed by atoms with Gasteiger partial charge in [-0.1, -0.05) is 90.2 Å². The van der Waals surface area contributed by atoms with Crippen molar-refractivity contribution in [2.75, 3.05) is 46.4 Å². The Hall–Kier alpha value is -3.98. The Morgan fingerprint density at radius 1 is 0.929 bits per heavy atom. The van der Waals surface area contributed by atoms with Crippen LogP contribution in [-0.2, 0) is 4.79 Å². The standard InChI is InChI=1S/C34H37N3O4S/c1-25-35-30(34(40-2)42-25)18-17-26-11-9-10-16-31(26)41-24-29(38)23-36-19-21-37(22-20-36)33(39)32(27-12-5-3-6-13-27)28-14-7-4-8-15-28/h3-18,29,32,38H,19-24H2,1-2H3/b18-17+. The van der Waals surface area contributed by atoms with Gasteiger partial charge in [0.15, 0.2) is 0 Å². The number of hydrogen-bond donors (Lipinski definition) is 1. The van der Waals surface area contributed by atoms with Gasteiger partial charge in [-0.2, -0.15) is 0 Å². The van der Waals surface area contributed by atoms with Gasteiger partial charge in [-0.05, 0) is 36.3 Å². The predicted octanol–water partition coefficient (Wildman–Crippen LogP) is 5.35. The number of aliphatic hydroxyl groups excluding tert-OH is 1. The summed E-state index contributed by atoms with van der Waals surface area (Å²) in [5, 5.41) is 12.5. The Labute approximate surface area is 251 Å². The van der Waals surface area contributed by atoms with Crippen LogP contribution in [0.2, 0.25) is 0 Å². The number of thiazole rings is 1. The number of piperazine rings is 1. The lowest BCUT2D eigenvalue weighted by Gasteiger charge is -2.37. The fourth-order valence-electron chi connectivity index (χ4n) is 5.23. The number of β-amino-alcohol motifs (C(OH)–C–C–N with tert-alkyl or cyclic N) is 1. The van der Waals surface area contributed by atoms with Crippen molar-refractivity contribution < 1.29 is 19.4 Å². The fourth-order valence-corrected chi connectivity index (χ4v) is 5.95. The summed E-state index contributed by atoms with van der Waals surface area (Å²) in [6, 6.07) is 27.7. The van der Waals surface area contributed by atoms with Gasteiger partial charge >= 0.3 is 0 Å². The zero-order valence-electron chi connectivity index (χ0n) is 24.1. The topological polar surface area (TPSA) is 75.1 Å². The zero-order chi connectivity index (χ0) is 29.3. The molecule has 7 nitrogen and oxygen atoms in total. The molecule has 1 fully saturated rings. The van der Waals surface area contributed by atoms with E-state index < -0.39 is 6.10 Å². The molecule has 0 saturated carbocycles. The van der Waals surface area contributed by atoms with Gasteiger partial charge in [0.2, 0.25) is 11.0 Å². The second kappa shape index (κ2) is 14.3. The zero-order valence-corrected chi connectivity index (χ0v) is 24.9. The first-order valence-electron chi connectivity index (χ1n) is 14.2. The van der Waals surface area contributed by atoms with Crippen molar-refractivity contribution in [3.63, 3.8) is 0 Å². The molecule has 0 spiro atoms. The Balaban J connectivity index is 1.14. The van der Waals surface area contributed by atoms with Gasteiger partial charge in [0.25, 0.3) is 0 Å². The molecule has 1 amide bonds. The first kappa shape index (κ1) is 29.5. The average molecular weight is 584 g/mol. The van der Waals surface area contributed by atoms with Gasteiger partial charge in [-0.3, -0.25) is 9.69 Å². The van der Waals surface area contributed by atoms with Gasteiger partial charge in [0.1, 0.15) is 24.2 Å². The number of aliphatic hydroxyl groups is 1. The summed E-state index contributed by atoms with van der Waals surface area (Å²) in [4.78, 5) is 22.4. The molecule has 5 rings (SSSR count). The number of methoxy groups -OCH3 is 1. The lowest BCUT2D eigenvalue weighted by atomic mass is 9.90. The third-order valence-corrected chi connectivity index (χ3v) is 8.30. The van der Waals surface area contributed by atoms with Crippen LogP contribution in [0, 0.1) is 6.92 Å². The number of rotatable bonds is 11. The fraction of sp³-hybridized carbons (Fsp3) is 0.294. The Kier molecular flexibility index (Phi) is 10.0.